The Balaban J connectivity index is 2.48. The molecule has 1 fully saturated rings. The molecule has 0 saturated carbocycles. The highest BCUT2D eigenvalue weighted by molar-refractivity contribution is 5.92. The van der Waals surface area contributed by atoms with E-state index in [0.717, 1.165) is 5.56 Å². The van der Waals surface area contributed by atoms with Crippen molar-refractivity contribution in [3.63, 3.8) is 0 Å². The van der Waals surface area contributed by atoms with Crippen LogP contribution in [0.2, 0.25) is 0 Å². The third-order valence-corrected chi connectivity index (χ3v) is 6.71. The fraction of sp³-hybridized carbons (Fsp3) is 0.633. The molecule has 1 aliphatic rings. The molecule has 0 radical (unpaired) electrons. The van der Waals surface area contributed by atoms with Gasteiger partial charge in [-0.05, 0) is 36.2 Å². The maximum Gasteiger partial charge on any atom is 0.329 e. The van der Waals surface area contributed by atoms with Crippen LogP contribution < -0.4 is 10.6 Å². The van der Waals surface area contributed by atoms with Crippen LogP contribution in [0.25, 0.3) is 0 Å². The van der Waals surface area contributed by atoms with Crippen LogP contribution in [0.1, 0.15) is 66.4 Å². The van der Waals surface area contributed by atoms with E-state index in [9.17, 15) is 24.0 Å². The number of amides is 3. The van der Waals surface area contributed by atoms with Gasteiger partial charge in [-0.1, -0.05) is 71.9 Å². The van der Waals surface area contributed by atoms with E-state index < -0.39 is 54.0 Å². The monoisotopic (exact) mass is 559 g/mol. The lowest BCUT2D eigenvalue weighted by Crippen LogP contribution is -2.55. The molecule has 1 aromatic rings. The molecular weight excluding hydrogens is 514 g/mol. The Hall–Kier alpha value is -3.43. The van der Waals surface area contributed by atoms with Crippen LogP contribution in [0.4, 0.5) is 0 Å². The number of nitrogens with one attached hydrogen (secondary N) is 2. The molecular formula is C30H45N3O7. The van der Waals surface area contributed by atoms with Gasteiger partial charge >= 0.3 is 11.9 Å². The van der Waals surface area contributed by atoms with Gasteiger partial charge in [-0.3, -0.25) is 19.2 Å². The van der Waals surface area contributed by atoms with E-state index in [2.05, 4.69) is 10.6 Å². The Morgan fingerprint density at radius 3 is 2.02 bits per heavy atom. The fourth-order valence-electron chi connectivity index (χ4n) is 4.47. The number of carbonyl (C=O) groups is 5. The molecule has 1 saturated heterocycles. The number of ether oxygens (including phenoxy) is 2. The number of cyclic esters (lactones) is 2. The van der Waals surface area contributed by atoms with Gasteiger partial charge in [0, 0.05) is 20.0 Å². The highest BCUT2D eigenvalue weighted by Crippen LogP contribution is 2.18. The van der Waals surface area contributed by atoms with Crippen LogP contribution in [-0.4, -0.2) is 72.4 Å². The number of hydrogen-bond donors (Lipinski definition) is 2. The fourth-order valence-corrected chi connectivity index (χ4v) is 4.47. The van der Waals surface area contributed by atoms with Gasteiger partial charge in [0.15, 0.2) is 12.2 Å². The van der Waals surface area contributed by atoms with Crippen molar-refractivity contribution in [2.75, 3.05) is 13.6 Å². The molecule has 1 aromatic carbocycles. The molecule has 1 heterocycles. The lowest BCUT2D eigenvalue weighted by atomic mass is 10.00. The molecule has 10 nitrogen and oxygen atoms in total. The summed E-state index contributed by atoms with van der Waals surface area (Å²) < 4.78 is 11.2. The van der Waals surface area contributed by atoms with Crippen LogP contribution in [0.3, 0.4) is 0 Å². The van der Waals surface area contributed by atoms with Gasteiger partial charge in [0.1, 0.15) is 12.1 Å². The topological polar surface area (TPSA) is 131 Å². The Morgan fingerprint density at radius 1 is 0.850 bits per heavy atom. The first-order valence-electron chi connectivity index (χ1n) is 14.1. The summed E-state index contributed by atoms with van der Waals surface area (Å²) in [5, 5.41) is 5.41. The molecule has 4 atom stereocenters. The van der Waals surface area contributed by atoms with E-state index in [-0.39, 0.29) is 50.0 Å². The minimum Gasteiger partial charge on any atom is -0.452 e. The van der Waals surface area contributed by atoms with Crippen LogP contribution in [0, 0.1) is 17.8 Å². The van der Waals surface area contributed by atoms with E-state index in [0.29, 0.717) is 0 Å². The summed E-state index contributed by atoms with van der Waals surface area (Å²) in [6, 6.07) is 7.29. The predicted octanol–water partition coefficient (Wildman–Crippen LogP) is 2.63. The zero-order valence-electron chi connectivity index (χ0n) is 24.8. The van der Waals surface area contributed by atoms with Crippen LogP contribution in [0.5, 0.6) is 0 Å². The second-order valence-corrected chi connectivity index (χ2v) is 11.6. The van der Waals surface area contributed by atoms with Crippen LogP contribution >= 0.6 is 0 Å². The van der Waals surface area contributed by atoms with Gasteiger partial charge in [-0.2, -0.15) is 0 Å². The van der Waals surface area contributed by atoms with Crippen molar-refractivity contribution in [2.24, 2.45) is 17.8 Å². The average Bonchev–Trinajstić information content (AvgIpc) is 2.87. The molecule has 3 amide bonds. The number of hydrogen-bond acceptors (Lipinski definition) is 7. The molecule has 1 aliphatic heterocycles. The van der Waals surface area contributed by atoms with Crippen molar-refractivity contribution >= 4 is 29.7 Å². The van der Waals surface area contributed by atoms with Gasteiger partial charge < -0.3 is 25.0 Å². The summed E-state index contributed by atoms with van der Waals surface area (Å²) in [5.41, 5.74) is 0.840. The molecule has 0 aliphatic carbocycles. The molecule has 40 heavy (non-hydrogen) atoms. The predicted molar refractivity (Wildman–Crippen MR) is 150 cm³/mol. The van der Waals surface area contributed by atoms with Crippen molar-refractivity contribution in [2.45, 2.75) is 91.5 Å². The number of benzene rings is 1. The van der Waals surface area contributed by atoms with Gasteiger partial charge in [-0.15, -0.1) is 0 Å². The zero-order chi connectivity index (χ0) is 30.0. The summed E-state index contributed by atoms with van der Waals surface area (Å²) in [4.78, 5) is 67.5. The van der Waals surface area contributed by atoms with Crippen molar-refractivity contribution in [1.82, 2.24) is 15.5 Å². The Labute approximate surface area is 237 Å². The third kappa shape index (κ3) is 9.95. The molecule has 0 aromatic heterocycles. The van der Waals surface area contributed by atoms with Crippen LogP contribution in [0.15, 0.2) is 30.3 Å². The number of carbonyl (C=O) groups excluding carboxylic acids is 5. The van der Waals surface area contributed by atoms with E-state index in [1.165, 1.54) is 11.9 Å². The molecule has 222 valence electrons. The largest absolute Gasteiger partial charge is 0.452 e. The summed E-state index contributed by atoms with van der Waals surface area (Å²) in [6.07, 6.45) is -1.71. The second kappa shape index (κ2) is 15.4. The van der Waals surface area contributed by atoms with Gasteiger partial charge in [0.2, 0.25) is 5.91 Å². The summed E-state index contributed by atoms with van der Waals surface area (Å²) in [6.45, 7) is 11.1. The molecule has 2 N–H and O–H groups in total. The first kappa shape index (κ1) is 32.8. The van der Waals surface area contributed by atoms with Crippen LogP contribution in [-0.2, 0) is 39.9 Å². The van der Waals surface area contributed by atoms with E-state index in [4.69, 9.17) is 9.47 Å². The van der Waals surface area contributed by atoms with E-state index in [1.54, 1.807) is 13.8 Å². The number of esters is 2. The molecule has 0 spiro atoms. The molecule has 4 unspecified atom stereocenters. The first-order valence-corrected chi connectivity index (χ1v) is 14.1. The van der Waals surface area contributed by atoms with Crippen molar-refractivity contribution < 1.29 is 33.4 Å². The minimum atomic E-state index is -1.15. The van der Waals surface area contributed by atoms with Crippen molar-refractivity contribution in [3.8, 4) is 0 Å². The lowest BCUT2D eigenvalue weighted by molar-refractivity contribution is -0.166. The van der Waals surface area contributed by atoms with E-state index >= 15 is 0 Å². The minimum absolute atomic E-state index is 0.00377. The molecule has 2 rings (SSSR count). The smallest absolute Gasteiger partial charge is 0.329 e. The SMILES string of the molecule is CC(C)CC1OC(=O)CCNC(=O)C(Cc2ccccc2)N(C)C(=O)C(CC(C)C)OC(=O)C(C(C)C)NC1=O. The number of nitrogens with zero attached hydrogens (tertiary/aromatic N) is 1. The number of rotatable bonds is 7. The highest BCUT2D eigenvalue weighted by Gasteiger charge is 2.37. The molecule has 0 bridgehead atoms. The average molecular weight is 560 g/mol. The Kier molecular flexibility index (Phi) is 12.6. The number of likely N-dealkylation sites (N-methyl/N-ethyl adjacent to an activating group) is 1. The van der Waals surface area contributed by atoms with Crippen molar-refractivity contribution in [3.05, 3.63) is 35.9 Å². The van der Waals surface area contributed by atoms with Gasteiger partial charge in [0.05, 0.1) is 6.42 Å². The van der Waals surface area contributed by atoms with Gasteiger partial charge in [-0.25, -0.2) is 4.79 Å². The maximum atomic E-state index is 13.7. The quantitative estimate of drug-likeness (QED) is 0.491. The van der Waals surface area contributed by atoms with Crippen molar-refractivity contribution in [1.29, 1.82) is 0 Å². The highest BCUT2D eigenvalue weighted by atomic mass is 16.6. The lowest BCUT2D eigenvalue weighted by Gasteiger charge is -2.32. The first-order chi connectivity index (χ1) is 18.8. The summed E-state index contributed by atoms with van der Waals surface area (Å²) in [7, 11) is 1.51. The normalized spacial score (nSPS) is 24.1. The Bertz CT molecular complexity index is 1030. The van der Waals surface area contributed by atoms with Gasteiger partial charge in [0.25, 0.3) is 11.8 Å². The zero-order valence-corrected chi connectivity index (χ0v) is 24.8. The summed E-state index contributed by atoms with van der Waals surface area (Å²) in [5.74, 6) is -3.33. The molecule has 10 heteroatoms. The Morgan fingerprint density at radius 2 is 1.45 bits per heavy atom. The third-order valence-electron chi connectivity index (χ3n) is 6.71. The maximum absolute atomic E-state index is 13.7. The van der Waals surface area contributed by atoms with E-state index in [1.807, 2.05) is 58.0 Å². The standard InChI is InChI=1S/C30H45N3O7/c1-18(2)15-23-28(36)32-26(20(5)6)30(38)40-24(16-19(3)4)29(37)33(7)22(17-21-11-9-8-10-12-21)27(35)31-14-13-25(34)39-23/h8-12,18-20,22-24,26H,13-17H2,1-7H3,(H,31,35)(H,32,36). The second-order valence-electron chi connectivity index (χ2n) is 11.6. The summed E-state index contributed by atoms with van der Waals surface area (Å²) >= 11 is 0.